The highest BCUT2D eigenvalue weighted by Crippen LogP contribution is 2.27. The van der Waals surface area contributed by atoms with Crippen molar-refractivity contribution in [2.24, 2.45) is 0 Å². The molecule has 0 aliphatic carbocycles. The van der Waals surface area contributed by atoms with Gasteiger partial charge in [-0.1, -0.05) is 0 Å². The average molecular weight is 367 g/mol. The molecule has 0 radical (unpaired) electrons. The van der Waals surface area contributed by atoms with E-state index in [9.17, 15) is 18.8 Å². The lowest BCUT2D eigenvalue weighted by atomic mass is 10.1. The average Bonchev–Trinajstić information content (AvgIpc) is 3.07. The number of halogens is 1. The van der Waals surface area contributed by atoms with Crippen LogP contribution in [0.4, 0.5) is 4.39 Å². The van der Waals surface area contributed by atoms with Crippen LogP contribution < -0.4 is 5.56 Å². The normalized spacial score (nSPS) is 20.4. The van der Waals surface area contributed by atoms with E-state index in [-0.39, 0.29) is 37.3 Å². The topological polar surface area (TPSA) is 103 Å². The molecule has 3 rings (SSSR count). The quantitative estimate of drug-likeness (QED) is 0.854. The minimum Gasteiger partial charge on any atom is -0.479 e. The van der Waals surface area contributed by atoms with Crippen LogP contribution in [0.5, 0.6) is 0 Å². The molecule has 25 heavy (non-hydrogen) atoms. The monoisotopic (exact) mass is 367 g/mol. The Bertz CT molecular complexity index is 922. The number of H-pyrrole nitrogens is 1. The van der Waals surface area contributed by atoms with Gasteiger partial charge in [0.25, 0.3) is 5.56 Å². The number of aromatic amines is 1. The third kappa shape index (κ3) is 3.15. The number of alkyl halides is 1. The van der Waals surface area contributed by atoms with E-state index in [4.69, 9.17) is 5.11 Å². The zero-order valence-corrected chi connectivity index (χ0v) is 14.7. The third-order valence-electron chi connectivity index (χ3n) is 4.62. The van der Waals surface area contributed by atoms with E-state index in [1.165, 1.54) is 16.2 Å². The second kappa shape index (κ2) is 6.21. The molecule has 1 aliphatic heterocycles. The minimum atomic E-state index is -2.37. The van der Waals surface area contributed by atoms with Gasteiger partial charge in [0.05, 0.1) is 11.9 Å². The maximum atomic E-state index is 14.0. The molecule has 1 unspecified atom stereocenters. The number of fused-ring (bicyclic) bond motifs is 1. The summed E-state index contributed by atoms with van der Waals surface area (Å²) in [7, 11) is 0. The molecule has 1 saturated heterocycles. The number of nitrogens with one attached hydrogen (secondary N) is 1. The van der Waals surface area contributed by atoms with Crippen LogP contribution in [-0.4, -0.2) is 50.6 Å². The van der Waals surface area contributed by atoms with E-state index >= 15 is 0 Å². The predicted octanol–water partition coefficient (Wildman–Crippen LogP) is 1.56. The number of aryl methyl sites for hydroxylation is 3. The Morgan fingerprint density at radius 2 is 2.16 bits per heavy atom. The van der Waals surface area contributed by atoms with E-state index < -0.39 is 18.2 Å². The number of carbonyl (C=O) groups is 2. The molecule has 134 valence electrons. The number of nitrogens with zero attached hydrogens (tertiary/aromatic N) is 2. The van der Waals surface area contributed by atoms with E-state index in [1.54, 1.807) is 0 Å². The van der Waals surface area contributed by atoms with Crippen molar-refractivity contribution < 1.29 is 19.1 Å². The van der Waals surface area contributed by atoms with Crippen LogP contribution in [-0.2, 0) is 16.0 Å². The first-order valence-electron chi connectivity index (χ1n) is 7.90. The van der Waals surface area contributed by atoms with Crippen LogP contribution in [0.2, 0.25) is 0 Å². The molecule has 2 aromatic rings. The van der Waals surface area contributed by atoms with Crippen molar-refractivity contribution in [3.05, 3.63) is 26.6 Å². The highest BCUT2D eigenvalue weighted by atomic mass is 32.1. The Labute approximate surface area is 146 Å². The van der Waals surface area contributed by atoms with E-state index in [2.05, 4.69) is 9.97 Å². The standard InChI is InChI=1S/C16H18FN3O4S/c1-8-9(2)25-14-12(8)13(22)18-10(19-14)3-4-11(21)20-6-5-16(17,7-20)15(23)24/h3-7H2,1-2H3,(H,23,24)(H,18,19,22). The number of thiophene rings is 1. The fourth-order valence-electron chi connectivity index (χ4n) is 2.96. The second-order valence-electron chi connectivity index (χ2n) is 6.31. The molecule has 0 saturated carbocycles. The molecule has 2 N–H and O–H groups in total. The molecule has 2 aromatic heterocycles. The van der Waals surface area contributed by atoms with Gasteiger partial charge >= 0.3 is 5.97 Å². The van der Waals surface area contributed by atoms with Gasteiger partial charge in [-0.05, 0) is 19.4 Å². The summed E-state index contributed by atoms with van der Waals surface area (Å²) < 4.78 is 14.0. The van der Waals surface area contributed by atoms with E-state index in [1.807, 2.05) is 13.8 Å². The first-order chi connectivity index (χ1) is 11.7. The molecule has 0 spiro atoms. The van der Waals surface area contributed by atoms with Crippen LogP contribution in [0.3, 0.4) is 0 Å². The fraction of sp³-hybridized carbons (Fsp3) is 0.500. The lowest BCUT2D eigenvalue weighted by Crippen LogP contribution is -2.39. The van der Waals surface area contributed by atoms with Gasteiger partial charge in [0.15, 0.2) is 0 Å². The highest BCUT2D eigenvalue weighted by Gasteiger charge is 2.46. The van der Waals surface area contributed by atoms with E-state index in [0.29, 0.717) is 16.0 Å². The molecule has 1 fully saturated rings. The smallest absolute Gasteiger partial charge is 0.343 e. The minimum absolute atomic E-state index is 0.0352. The summed E-state index contributed by atoms with van der Waals surface area (Å²) in [6.07, 6.45) is 0.0409. The number of aromatic nitrogens is 2. The SMILES string of the molecule is Cc1sc2nc(CCC(=O)N3CCC(F)(C(=O)O)C3)[nH]c(=O)c2c1C. The Hall–Kier alpha value is -2.29. The summed E-state index contributed by atoms with van der Waals surface area (Å²) >= 11 is 1.43. The summed E-state index contributed by atoms with van der Waals surface area (Å²) in [4.78, 5) is 45.2. The lowest BCUT2D eigenvalue weighted by molar-refractivity contribution is -0.150. The Morgan fingerprint density at radius 1 is 1.44 bits per heavy atom. The summed E-state index contributed by atoms with van der Waals surface area (Å²) in [6, 6.07) is 0. The lowest BCUT2D eigenvalue weighted by Gasteiger charge is -2.17. The van der Waals surface area contributed by atoms with Crippen LogP contribution in [0.25, 0.3) is 10.2 Å². The number of carboxylic acid groups (broad SMARTS) is 1. The Morgan fingerprint density at radius 3 is 2.80 bits per heavy atom. The van der Waals surface area contributed by atoms with Gasteiger partial charge in [0, 0.05) is 30.7 Å². The number of carboxylic acids is 1. The van der Waals surface area contributed by atoms with Gasteiger partial charge in [-0.25, -0.2) is 14.2 Å². The van der Waals surface area contributed by atoms with Crippen molar-refractivity contribution in [1.29, 1.82) is 0 Å². The number of hydrogen-bond acceptors (Lipinski definition) is 5. The van der Waals surface area contributed by atoms with Crippen LogP contribution >= 0.6 is 11.3 Å². The van der Waals surface area contributed by atoms with Gasteiger partial charge < -0.3 is 15.0 Å². The first kappa shape index (κ1) is 17.5. The van der Waals surface area contributed by atoms with Crippen molar-refractivity contribution >= 4 is 33.4 Å². The Kier molecular flexibility index (Phi) is 4.36. The third-order valence-corrected chi connectivity index (χ3v) is 5.72. The van der Waals surface area contributed by atoms with Crippen molar-refractivity contribution in [1.82, 2.24) is 14.9 Å². The fourth-order valence-corrected chi connectivity index (χ4v) is 4.01. The zero-order valence-electron chi connectivity index (χ0n) is 13.9. The summed E-state index contributed by atoms with van der Waals surface area (Å²) in [5.41, 5.74) is -1.70. The number of likely N-dealkylation sites (tertiary alicyclic amines) is 1. The van der Waals surface area contributed by atoms with Crippen molar-refractivity contribution in [2.45, 2.75) is 38.8 Å². The number of hydrogen-bond donors (Lipinski definition) is 2. The van der Waals surface area contributed by atoms with Crippen LogP contribution in [0.15, 0.2) is 4.79 Å². The largest absolute Gasteiger partial charge is 0.479 e. The van der Waals surface area contributed by atoms with Gasteiger partial charge in [-0.15, -0.1) is 11.3 Å². The van der Waals surface area contributed by atoms with Crippen molar-refractivity contribution in [3.63, 3.8) is 0 Å². The second-order valence-corrected chi connectivity index (χ2v) is 7.51. The van der Waals surface area contributed by atoms with Gasteiger partial charge in [0.2, 0.25) is 11.6 Å². The molecular formula is C16H18FN3O4S. The van der Waals surface area contributed by atoms with Crippen molar-refractivity contribution in [2.75, 3.05) is 13.1 Å². The molecule has 9 heteroatoms. The number of amides is 1. The van der Waals surface area contributed by atoms with E-state index in [0.717, 1.165) is 10.4 Å². The number of rotatable bonds is 4. The maximum absolute atomic E-state index is 14.0. The van der Waals surface area contributed by atoms with Gasteiger partial charge in [-0.3, -0.25) is 9.59 Å². The summed E-state index contributed by atoms with van der Waals surface area (Å²) in [5.74, 6) is -1.49. The highest BCUT2D eigenvalue weighted by molar-refractivity contribution is 7.18. The van der Waals surface area contributed by atoms with Crippen molar-refractivity contribution in [3.8, 4) is 0 Å². The first-order valence-corrected chi connectivity index (χ1v) is 8.72. The molecule has 1 aliphatic rings. The molecule has 3 heterocycles. The summed E-state index contributed by atoms with van der Waals surface area (Å²) in [5, 5.41) is 9.44. The molecular weight excluding hydrogens is 349 g/mol. The molecule has 7 nitrogen and oxygen atoms in total. The van der Waals surface area contributed by atoms with Crippen LogP contribution in [0.1, 0.15) is 29.1 Å². The number of carbonyl (C=O) groups excluding carboxylic acids is 1. The van der Waals surface area contributed by atoms with Gasteiger partial charge in [-0.2, -0.15) is 0 Å². The molecule has 1 amide bonds. The Balaban J connectivity index is 1.70. The number of aliphatic carboxylic acids is 1. The predicted molar refractivity (Wildman–Crippen MR) is 90.7 cm³/mol. The summed E-state index contributed by atoms with van der Waals surface area (Å²) in [6.45, 7) is 3.43. The van der Waals surface area contributed by atoms with Crippen LogP contribution in [0, 0.1) is 13.8 Å². The molecule has 1 atom stereocenters. The van der Waals surface area contributed by atoms with Gasteiger partial charge in [0.1, 0.15) is 10.7 Å². The maximum Gasteiger partial charge on any atom is 0.343 e. The zero-order chi connectivity index (χ0) is 18.4. The molecule has 0 bridgehead atoms. The molecule has 0 aromatic carbocycles.